The zero-order valence-corrected chi connectivity index (χ0v) is 8.77. The van der Waals surface area contributed by atoms with E-state index in [2.05, 4.69) is 9.31 Å². The van der Waals surface area contributed by atoms with Crippen LogP contribution in [0.4, 0.5) is 30.7 Å². The zero-order valence-electron chi connectivity index (χ0n) is 8.77. The van der Waals surface area contributed by atoms with Gasteiger partial charge in [0.05, 0.1) is 13.4 Å². The first kappa shape index (κ1) is 14.0. The van der Waals surface area contributed by atoms with E-state index < -0.39 is 35.1 Å². The molecule has 0 fully saturated rings. The van der Waals surface area contributed by atoms with Crippen LogP contribution in [0.15, 0.2) is 18.2 Å². The van der Waals surface area contributed by atoms with Crippen molar-refractivity contribution in [2.45, 2.75) is 18.0 Å². The van der Waals surface area contributed by atoms with Crippen LogP contribution in [0, 0.1) is 5.82 Å². The summed E-state index contributed by atoms with van der Waals surface area (Å²) in [6.45, 7) is 0. The van der Waals surface area contributed by atoms with Gasteiger partial charge in [-0.2, -0.15) is 26.3 Å². The summed E-state index contributed by atoms with van der Waals surface area (Å²) in [5.41, 5.74) is -6.12. The molecule has 0 N–H and O–H groups in total. The Labute approximate surface area is 102 Å². The van der Waals surface area contributed by atoms with E-state index in [1.165, 1.54) is 0 Å². The molecule has 1 aromatic carbocycles. The van der Waals surface area contributed by atoms with Crippen LogP contribution in [0.5, 0.6) is 5.75 Å². The van der Waals surface area contributed by atoms with Crippen molar-refractivity contribution in [2.75, 3.05) is 0 Å². The average Bonchev–Trinajstić information content (AvgIpc) is 2.24. The maximum absolute atomic E-state index is 13.0. The second kappa shape index (κ2) is 4.02. The summed E-state index contributed by atoms with van der Waals surface area (Å²) in [5, 5.41) is 0. The van der Waals surface area contributed by atoms with E-state index in [4.69, 9.17) is 0 Å². The molecule has 0 spiro atoms. The third-order valence-electron chi connectivity index (χ3n) is 2.52. The number of hydrogen-bond acceptors (Lipinski definition) is 2. The van der Waals surface area contributed by atoms with Crippen molar-refractivity contribution in [3.63, 3.8) is 0 Å². The molecule has 19 heavy (non-hydrogen) atoms. The minimum atomic E-state index is -5.84. The van der Waals surface area contributed by atoms with E-state index >= 15 is 0 Å². The lowest BCUT2D eigenvalue weighted by Gasteiger charge is -2.48. The Morgan fingerprint density at radius 2 is 1.58 bits per heavy atom. The van der Waals surface area contributed by atoms with E-state index in [1.54, 1.807) is 0 Å². The molecule has 1 aromatic rings. The van der Waals surface area contributed by atoms with Gasteiger partial charge in [-0.25, -0.2) is 4.39 Å². The quantitative estimate of drug-likeness (QED) is 0.539. The predicted octanol–water partition coefficient (Wildman–Crippen LogP) is 3.09. The van der Waals surface area contributed by atoms with Gasteiger partial charge < -0.3 is 9.31 Å². The fourth-order valence-electron chi connectivity index (χ4n) is 1.69. The van der Waals surface area contributed by atoms with Gasteiger partial charge >= 0.3 is 12.4 Å². The highest BCUT2D eigenvalue weighted by molar-refractivity contribution is 6.20. The highest BCUT2D eigenvalue weighted by Gasteiger charge is 2.72. The van der Waals surface area contributed by atoms with Crippen LogP contribution in [-0.2, 0) is 10.3 Å². The molecule has 0 saturated heterocycles. The van der Waals surface area contributed by atoms with Crippen LogP contribution in [0.2, 0.25) is 0 Å². The molecule has 2 nitrogen and oxygen atoms in total. The minimum Gasteiger partial charge on any atom is -0.741 e. The summed E-state index contributed by atoms with van der Waals surface area (Å²) < 4.78 is 98.2. The highest BCUT2D eigenvalue weighted by Crippen LogP contribution is 2.56. The van der Waals surface area contributed by atoms with Crippen molar-refractivity contribution in [2.24, 2.45) is 0 Å². The number of halogens is 7. The van der Waals surface area contributed by atoms with Gasteiger partial charge in [-0.15, -0.1) is 0 Å². The summed E-state index contributed by atoms with van der Waals surface area (Å²) in [7, 11) is -0.0682. The smallest absolute Gasteiger partial charge is 0.427 e. The molecule has 0 aliphatic carbocycles. The zero-order chi connectivity index (χ0) is 14.5. The summed E-state index contributed by atoms with van der Waals surface area (Å²) in [5.74, 6) is -2.05. The Morgan fingerprint density at radius 1 is 1.00 bits per heavy atom. The van der Waals surface area contributed by atoms with Crippen molar-refractivity contribution < 1.29 is 40.0 Å². The molecule has 1 aliphatic heterocycles. The first-order valence-electron chi connectivity index (χ1n) is 4.69. The van der Waals surface area contributed by atoms with Crippen molar-refractivity contribution >= 4 is 7.69 Å². The minimum absolute atomic E-state index is 0.0682. The maximum Gasteiger partial charge on any atom is 0.427 e. The number of fused-ring (bicyclic) bond motifs is 1. The first-order chi connectivity index (χ1) is 8.59. The van der Waals surface area contributed by atoms with Crippen LogP contribution >= 0.6 is 0 Å². The largest absolute Gasteiger partial charge is 0.741 e. The Bertz CT molecular complexity index is 482. The van der Waals surface area contributed by atoms with Gasteiger partial charge in [0, 0.05) is 5.56 Å². The maximum atomic E-state index is 13.0. The van der Waals surface area contributed by atoms with Crippen LogP contribution in [0.25, 0.3) is 0 Å². The van der Waals surface area contributed by atoms with E-state index in [-0.39, 0.29) is 13.8 Å². The molecule has 1 aliphatic rings. The number of rotatable bonds is 0. The summed E-state index contributed by atoms with van der Waals surface area (Å²) in [6, 6.07) is 1.43. The SMILES string of the molecule is Fc1ccc2c(c1)C(C(F)(F)F)(C(F)(F)F)O[B-]O2. The number of hydrogen-bond donors (Lipinski definition) is 0. The lowest BCUT2D eigenvalue weighted by Crippen LogP contribution is -2.58. The van der Waals surface area contributed by atoms with Gasteiger partial charge in [0.1, 0.15) is 5.82 Å². The summed E-state index contributed by atoms with van der Waals surface area (Å²) in [4.78, 5) is 0. The lowest BCUT2D eigenvalue weighted by atomic mass is 9.88. The van der Waals surface area contributed by atoms with Gasteiger partial charge in [-0.1, -0.05) is 0 Å². The van der Waals surface area contributed by atoms with E-state index in [0.29, 0.717) is 12.1 Å². The van der Waals surface area contributed by atoms with Crippen LogP contribution in [0.1, 0.15) is 5.56 Å². The van der Waals surface area contributed by atoms with E-state index in [9.17, 15) is 30.7 Å². The predicted molar refractivity (Wildman–Crippen MR) is 47.7 cm³/mol. The Balaban J connectivity index is 2.76. The Kier molecular flexibility index (Phi) is 2.96. The molecule has 1 heterocycles. The fraction of sp³-hybridized carbons (Fsp3) is 0.333. The molecule has 0 atom stereocenters. The van der Waals surface area contributed by atoms with Gasteiger partial charge in [0.15, 0.2) is 0 Å². The van der Waals surface area contributed by atoms with Crippen molar-refractivity contribution in [3.05, 3.63) is 29.6 Å². The van der Waals surface area contributed by atoms with Crippen LogP contribution in [-0.4, -0.2) is 20.0 Å². The molecule has 10 heteroatoms. The first-order valence-corrected chi connectivity index (χ1v) is 4.69. The second-order valence-electron chi connectivity index (χ2n) is 3.65. The van der Waals surface area contributed by atoms with Crippen molar-refractivity contribution in [1.82, 2.24) is 0 Å². The van der Waals surface area contributed by atoms with Crippen molar-refractivity contribution in [3.8, 4) is 5.75 Å². The molecule has 0 bridgehead atoms. The molecule has 2 rings (SSSR count). The van der Waals surface area contributed by atoms with E-state index in [0.717, 1.165) is 0 Å². The van der Waals surface area contributed by atoms with Crippen LogP contribution in [0.3, 0.4) is 0 Å². The van der Waals surface area contributed by atoms with Gasteiger partial charge in [0.2, 0.25) is 5.60 Å². The second-order valence-corrected chi connectivity index (χ2v) is 3.65. The summed E-state index contributed by atoms with van der Waals surface area (Å²) >= 11 is 0. The van der Waals surface area contributed by atoms with Gasteiger partial charge in [0.25, 0.3) is 0 Å². The summed E-state index contributed by atoms with van der Waals surface area (Å²) in [6.07, 6.45) is -11.7. The standard InChI is InChI=1S/C9H3BF7O2/c11-4-1-2-6-5(3-4)7(8(12,13)14,9(15,16)17)19-10-18-6/h1-3H/q-1. The molecule has 0 unspecified atom stereocenters. The molecule has 0 saturated carbocycles. The Morgan fingerprint density at radius 3 is 2.11 bits per heavy atom. The van der Waals surface area contributed by atoms with Gasteiger partial charge in [-0.3, -0.25) is 0 Å². The lowest BCUT2D eigenvalue weighted by molar-refractivity contribution is -0.370. The third-order valence-corrected chi connectivity index (χ3v) is 2.52. The molecule has 0 amide bonds. The number of benzene rings is 1. The third kappa shape index (κ3) is 1.94. The normalized spacial score (nSPS) is 18.7. The molecular formula is C9H3BF7O2-. The fourth-order valence-corrected chi connectivity index (χ4v) is 1.69. The van der Waals surface area contributed by atoms with Crippen molar-refractivity contribution in [1.29, 1.82) is 0 Å². The molecule has 0 aromatic heterocycles. The molecular weight excluding hydrogens is 284 g/mol. The average molecular weight is 287 g/mol. The molecule has 104 valence electrons. The number of alkyl halides is 6. The molecule has 2 radical (unpaired) electrons. The topological polar surface area (TPSA) is 18.5 Å². The monoisotopic (exact) mass is 287 g/mol. The van der Waals surface area contributed by atoms with Crippen LogP contribution < -0.4 is 4.65 Å². The van der Waals surface area contributed by atoms with E-state index in [1.807, 2.05) is 0 Å². The van der Waals surface area contributed by atoms with Gasteiger partial charge in [-0.05, 0) is 18.2 Å². The highest BCUT2D eigenvalue weighted by atomic mass is 19.4. The Hall–Kier alpha value is -1.45.